The second-order valence-electron chi connectivity index (χ2n) is 7.39. The number of hydrogen-bond donors (Lipinski definition) is 2. The Morgan fingerprint density at radius 2 is 1.82 bits per heavy atom. The van der Waals surface area contributed by atoms with Gasteiger partial charge in [-0.1, -0.05) is 30.3 Å². The monoisotopic (exact) mass is 444 g/mol. The Bertz CT molecular complexity index is 1260. The number of nitrogens with one attached hydrogen (secondary N) is 2. The molecular weight excluding hydrogens is 420 g/mol. The van der Waals surface area contributed by atoms with Gasteiger partial charge in [0.05, 0.1) is 5.69 Å². The van der Waals surface area contributed by atoms with Gasteiger partial charge in [-0.25, -0.2) is 0 Å². The van der Waals surface area contributed by atoms with Crippen molar-refractivity contribution >= 4 is 23.2 Å². The highest BCUT2D eigenvalue weighted by molar-refractivity contribution is 6.10. The molecule has 0 aliphatic heterocycles. The van der Waals surface area contributed by atoms with Crippen LogP contribution in [0.3, 0.4) is 0 Å². The molecule has 0 radical (unpaired) electrons. The first kappa shape index (κ1) is 21.9. The maximum atomic E-state index is 12.8. The van der Waals surface area contributed by atoms with E-state index in [1.807, 2.05) is 56.3 Å². The summed E-state index contributed by atoms with van der Waals surface area (Å²) in [6.45, 7) is 4.61. The minimum absolute atomic E-state index is 0.108. The molecule has 168 valence electrons. The van der Waals surface area contributed by atoms with Crippen molar-refractivity contribution in [2.75, 3.05) is 10.6 Å². The first-order chi connectivity index (χ1) is 16.0. The van der Waals surface area contributed by atoms with Crippen LogP contribution in [-0.4, -0.2) is 21.6 Å². The van der Waals surface area contributed by atoms with Gasteiger partial charge in [0.2, 0.25) is 0 Å². The largest absolute Gasteiger partial charge is 0.486 e. The number of nitrogens with zero attached hydrogens (tertiary/aromatic N) is 2. The molecule has 2 N–H and O–H groups in total. The number of benzene rings is 2. The number of carbonyl (C=O) groups excluding carboxylic acids is 2. The predicted molar refractivity (Wildman–Crippen MR) is 124 cm³/mol. The molecule has 2 heterocycles. The van der Waals surface area contributed by atoms with Gasteiger partial charge >= 0.3 is 0 Å². The van der Waals surface area contributed by atoms with Crippen LogP contribution >= 0.6 is 0 Å². The summed E-state index contributed by atoms with van der Waals surface area (Å²) in [6, 6.07) is 20.0. The van der Waals surface area contributed by atoms with Crippen LogP contribution in [-0.2, 0) is 13.2 Å². The number of carbonyl (C=O) groups is 2. The molecule has 0 bridgehead atoms. The SMILES string of the molecule is CCn1cc(NC(=O)c2ccc(COc3cccc(C)c3)o2)c(C(=O)Nc2ccccc2)n1. The van der Waals surface area contributed by atoms with Crippen molar-refractivity contribution in [3.05, 3.63) is 95.7 Å². The van der Waals surface area contributed by atoms with Gasteiger partial charge in [0.1, 0.15) is 18.1 Å². The zero-order valence-corrected chi connectivity index (χ0v) is 18.4. The van der Waals surface area contributed by atoms with E-state index >= 15 is 0 Å². The number of para-hydroxylation sites is 1. The fraction of sp³-hybridized carbons (Fsp3) is 0.160. The van der Waals surface area contributed by atoms with E-state index in [2.05, 4.69) is 15.7 Å². The van der Waals surface area contributed by atoms with E-state index in [1.54, 1.807) is 35.1 Å². The summed E-state index contributed by atoms with van der Waals surface area (Å²) in [7, 11) is 0. The molecular formula is C25H24N4O4. The van der Waals surface area contributed by atoms with E-state index in [9.17, 15) is 9.59 Å². The molecule has 8 heteroatoms. The van der Waals surface area contributed by atoms with E-state index in [0.29, 0.717) is 23.7 Å². The van der Waals surface area contributed by atoms with E-state index in [1.165, 1.54) is 0 Å². The van der Waals surface area contributed by atoms with E-state index in [0.717, 1.165) is 11.3 Å². The number of rotatable bonds is 8. The highest BCUT2D eigenvalue weighted by Gasteiger charge is 2.21. The molecule has 2 aromatic heterocycles. The maximum Gasteiger partial charge on any atom is 0.291 e. The van der Waals surface area contributed by atoms with Gasteiger partial charge in [-0.15, -0.1) is 0 Å². The Balaban J connectivity index is 1.44. The summed E-state index contributed by atoms with van der Waals surface area (Å²) in [6.07, 6.45) is 1.61. The highest BCUT2D eigenvalue weighted by Crippen LogP contribution is 2.20. The lowest BCUT2D eigenvalue weighted by atomic mass is 10.2. The predicted octanol–water partition coefficient (Wildman–Crippen LogP) is 4.89. The van der Waals surface area contributed by atoms with Crippen LogP contribution in [0.4, 0.5) is 11.4 Å². The number of anilines is 2. The second-order valence-corrected chi connectivity index (χ2v) is 7.39. The van der Waals surface area contributed by atoms with Crippen LogP contribution < -0.4 is 15.4 Å². The number of furan rings is 1. The first-order valence-electron chi connectivity index (χ1n) is 10.5. The lowest BCUT2D eigenvalue weighted by molar-refractivity contribution is 0.0992. The van der Waals surface area contributed by atoms with Crippen molar-refractivity contribution in [2.24, 2.45) is 0 Å². The minimum Gasteiger partial charge on any atom is -0.486 e. The van der Waals surface area contributed by atoms with Crippen molar-refractivity contribution in [3.63, 3.8) is 0 Å². The number of aryl methyl sites for hydroxylation is 2. The van der Waals surface area contributed by atoms with Crippen LogP contribution in [0.25, 0.3) is 0 Å². The zero-order chi connectivity index (χ0) is 23.2. The lowest BCUT2D eigenvalue weighted by Gasteiger charge is -2.06. The van der Waals surface area contributed by atoms with Crippen molar-refractivity contribution < 1.29 is 18.7 Å². The molecule has 8 nitrogen and oxygen atoms in total. The molecule has 0 aliphatic rings. The van der Waals surface area contributed by atoms with Crippen molar-refractivity contribution in [1.29, 1.82) is 0 Å². The fourth-order valence-corrected chi connectivity index (χ4v) is 3.18. The third-order valence-electron chi connectivity index (χ3n) is 4.84. The van der Waals surface area contributed by atoms with Gasteiger partial charge in [-0.3, -0.25) is 14.3 Å². The van der Waals surface area contributed by atoms with Gasteiger partial charge in [0.15, 0.2) is 11.5 Å². The summed E-state index contributed by atoms with van der Waals surface area (Å²) < 4.78 is 12.9. The Morgan fingerprint density at radius 1 is 1.00 bits per heavy atom. The molecule has 33 heavy (non-hydrogen) atoms. The van der Waals surface area contributed by atoms with Gasteiger partial charge in [-0.05, 0) is 55.8 Å². The Kier molecular flexibility index (Phi) is 6.54. The topological polar surface area (TPSA) is 98.4 Å². The van der Waals surface area contributed by atoms with Crippen LogP contribution in [0.5, 0.6) is 5.75 Å². The lowest BCUT2D eigenvalue weighted by Crippen LogP contribution is -2.17. The average molecular weight is 444 g/mol. The summed E-state index contributed by atoms with van der Waals surface area (Å²) in [5.41, 5.74) is 2.13. The summed E-state index contributed by atoms with van der Waals surface area (Å²) >= 11 is 0. The van der Waals surface area contributed by atoms with Crippen molar-refractivity contribution in [2.45, 2.75) is 27.0 Å². The Hall–Kier alpha value is -4.33. The number of amides is 2. The standard InChI is InChI=1S/C25H24N4O4/c1-3-29-15-21(23(28-29)25(31)26-18-9-5-4-6-10-18)27-24(30)22-13-12-20(33-22)16-32-19-11-7-8-17(2)14-19/h4-15H,3,16H2,1-2H3,(H,26,31)(H,27,30). The van der Waals surface area contributed by atoms with Crippen LogP contribution in [0, 0.1) is 6.92 Å². The van der Waals surface area contributed by atoms with E-state index in [-0.39, 0.29) is 18.1 Å². The molecule has 0 spiro atoms. The molecule has 4 rings (SSSR count). The zero-order valence-electron chi connectivity index (χ0n) is 18.4. The third kappa shape index (κ3) is 5.48. The Morgan fingerprint density at radius 3 is 2.58 bits per heavy atom. The molecule has 0 aliphatic carbocycles. The van der Waals surface area contributed by atoms with E-state index in [4.69, 9.17) is 9.15 Å². The van der Waals surface area contributed by atoms with Crippen LogP contribution in [0.2, 0.25) is 0 Å². The molecule has 2 amide bonds. The molecule has 0 fully saturated rings. The molecule has 0 atom stereocenters. The van der Waals surface area contributed by atoms with Gasteiger partial charge < -0.3 is 19.8 Å². The summed E-state index contributed by atoms with van der Waals surface area (Å²) in [5, 5.41) is 9.79. The number of ether oxygens (including phenoxy) is 1. The van der Waals surface area contributed by atoms with Crippen molar-refractivity contribution in [1.82, 2.24) is 9.78 Å². The number of aromatic nitrogens is 2. The maximum absolute atomic E-state index is 12.8. The third-order valence-corrected chi connectivity index (χ3v) is 4.84. The fourth-order valence-electron chi connectivity index (χ4n) is 3.18. The second kappa shape index (κ2) is 9.86. The molecule has 0 saturated heterocycles. The smallest absolute Gasteiger partial charge is 0.291 e. The molecule has 0 unspecified atom stereocenters. The molecule has 2 aromatic carbocycles. The molecule has 0 saturated carbocycles. The Labute approximate surface area is 191 Å². The first-order valence-corrected chi connectivity index (χ1v) is 10.5. The normalized spacial score (nSPS) is 10.6. The average Bonchev–Trinajstić information content (AvgIpc) is 3.46. The quantitative estimate of drug-likeness (QED) is 0.403. The minimum atomic E-state index is -0.485. The summed E-state index contributed by atoms with van der Waals surface area (Å²) in [4.78, 5) is 25.5. The molecule has 4 aromatic rings. The van der Waals surface area contributed by atoms with Gasteiger partial charge in [-0.2, -0.15) is 5.10 Å². The van der Waals surface area contributed by atoms with Crippen LogP contribution in [0.1, 0.15) is 39.3 Å². The van der Waals surface area contributed by atoms with Crippen LogP contribution in [0.15, 0.2) is 77.3 Å². The number of hydrogen-bond acceptors (Lipinski definition) is 5. The highest BCUT2D eigenvalue weighted by atomic mass is 16.5. The van der Waals surface area contributed by atoms with Crippen molar-refractivity contribution in [3.8, 4) is 5.75 Å². The van der Waals surface area contributed by atoms with E-state index < -0.39 is 11.8 Å². The van der Waals surface area contributed by atoms with Gasteiger partial charge in [0.25, 0.3) is 11.8 Å². The summed E-state index contributed by atoms with van der Waals surface area (Å²) in [5.74, 6) is 0.430. The van der Waals surface area contributed by atoms with Gasteiger partial charge in [0, 0.05) is 18.4 Å².